The van der Waals surface area contributed by atoms with E-state index in [0.717, 1.165) is 6.04 Å². The Labute approximate surface area is 230 Å². The molecule has 0 spiro atoms. The third-order valence-electron chi connectivity index (χ3n) is 7.97. The predicted molar refractivity (Wildman–Crippen MR) is 156 cm³/mol. The van der Waals surface area contributed by atoms with Crippen molar-refractivity contribution in [2.24, 2.45) is 0 Å². The van der Waals surface area contributed by atoms with Crippen molar-refractivity contribution in [3.63, 3.8) is 0 Å². The Balaban J connectivity index is 2.12. The average molecular weight is 563 g/mol. The molecule has 0 bridgehead atoms. The van der Waals surface area contributed by atoms with Gasteiger partial charge in [-0.2, -0.15) is 0 Å². The number of Topliss-reactive ketones (excluding diaryl/α,β-unsaturated/α-hetero) is 1. The molecule has 0 aromatic heterocycles. The fourth-order valence-corrected chi connectivity index (χ4v) is 12.0. The van der Waals surface area contributed by atoms with Crippen molar-refractivity contribution in [1.82, 2.24) is 4.90 Å². The maximum atomic E-state index is 13.8. The summed E-state index contributed by atoms with van der Waals surface area (Å²) in [5, 5.41) is 0. The fourth-order valence-electron chi connectivity index (χ4n) is 5.97. The molecule has 2 heterocycles. The summed E-state index contributed by atoms with van der Waals surface area (Å²) < 4.78 is 18.7. The Hall–Kier alpha value is -2.18. The van der Waals surface area contributed by atoms with Crippen LogP contribution in [-0.2, 0) is 14.3 Å². The first-order chi connectivity index (χ1) is 17.6. The van der Waals surface area contributed by atoms with Crippen LogP contribution in [0.3, 0.4) is 0 Å². The number of methoxy groups -OCH3 is 1. The smallest absolute Gasteiger partial charge is 0.258 e. The molecule has 1 aromatic rings. The zero-order valence-corrected chi connectivity index (χ0v) is 26.8. The summed E-state index contributed by atoms with van der Waals surface area (Å²) >= 11 is 0. The fraction of sp³-hybridized carbons (Fsp3) is 0.679. The zero-order chi connectivity index (χ0) is 28.6. The van der Waals surface area contributed by atoms with E-state index in [-0.39, 0.29) is 37.3 Å². The summed E-state index contributed by atoms with van der Waals surface area (Å²) in [5.41, 5.74) is 1.73. The molecule has 0 saturated carbocycles. The number of hydrogen-bond acceptors (Lipinski definition) is 6. The van der Waals surface area contributed by atoms with Gasteiger partial charge < -0.3 is 18.8 Å². The lowest BCUT2D eigenvalue weighted by Gasteiger charge is -2.42. The second-order valence-corrected chi connectivity index (χ2v) is 23.7. The number of carbonyl (C=O) groups is 3. The molecule has 2 aliphatic rings. The number of benzene rings is 1. The van der Waals surface area contributed by atoms with Crippen LogP contribution in [0.5, 0.6) is 11.5 Å². The highest BCUT2D eigenvalue weighted by Gasteiger charge is 2.49. The monoisotopic (exact) mass is 562 g/mol. The third kappa shape index (κ3) is 5.87. The van der Waals surface area contributed by atoms with Crippen LogP contribution in [0.25, 0.3) is 0 Å². The average Bonchev–Trinajstić information content (AvgIpc) is 3.18. The number of rotatable bonds is 11. The van der Waals surface area contributed by atoms with Crippen molar-refractivity contribution in [3.8, 4) is 11.5 Å². The molecule has 212 valence electrons. The van der Waals surface area contributed by atoms with E-state index in [0.29, 0.717) is 46.0 Å². The molecule has 1 atom stereocenters. The van der Waals surface area contributed by atoms with E-state index in [4.69, 9.17) is 13.9 Å². The number of anilines is 1. The molecular formula is C28H46N2O6Si2. The van der Waals surface area contributed by atoms with Crippen molar-refractivity contribution in [2.75, 3.05) is 31.9 Å². The van der Waals surface area contributed by atoms with Crippen molar-refractivity contribution < 1.29 is 28.3 Å². The first-order valence-electron chi connectivity index (χ1n) is 13.8. The van der Waals surface area contributed by atoms with E-state index < -0.39 is 22.4 Å². The Morgan fingerprint density at radius 2 is 1.55 bits per heavy atom. The molecule has 2 amide bonds. The molecule has 0 N–H and O–H groups in total. The molecule has 1 aromatic carbocycles. The van der Waals surface area contributed by atoms with E-state index >= 15 is 0 Å². The van der Waals surface area contributed by atoms with Gasteiger partial charge in [0, 0.05) is 27.2 Å². The minimum absolute atomic E-state index is 0.00809. The van der Waals surface area contributed by atoms with Gasteiger partial charge in [0.25, 0.3) is 20.1 Å². The Bertz CT molecular complexity index is 1040. The molecule has 3 rings (SSSR count). The maximum absolute atomic E-state index is 13.8. The Kier molecular flexibility index (Phi) is 9.20. The lowest BCUT2D eigenvalue weighted by Crippen LogP contribution is -2.50. The van der Waals surface area contributed by atoms with Gasteiger partial charge in [0.2, 0.25) is 0 Å². The molecule has 2 aliphatic heterocycles. The van der Waals surface area contributed by atoms with Crippen LogP contribution in [0, 0.1) is 0 Å². The van der Waals surface area contributed by atoms with Gasteiger partial charge in [0.05, 0.1) is 24.9 Å². The number of amides is 2. The number of fused-ring (bicyclic) bond motifs is 2. The minimum Gasteiger partial charge on any atom is -0.540 e. The summed E-state index contributed by atoms with van der Waals surface area (Å²) in [4.78, 5) is 42.8. The van der Waals surface area contributed by atoms with Gasteiger partial charge in [-0.05, 0) is 28.7 Å². The maximum Gasteiger partial charge on any atom is 0.258 e. The molecule has 38 heavy (non-hydrogen) atoms. The largest absolute Gasteiger partial charge is 0.540 e. The highest BCUT2D eigenvalue weighted by atomic mass is 28.4. The first-order valence-corrected chi connectivity index (χ1v) is 19.6. The number of ketones is 1. The van der Waals surface area contributed by atoms with Crippen LogP contribution >= 0.6 is 0 Å². The van der Waals surface area contributed by atoms with Gasteiger partial charge >= 0.3 is 0 Å². The second kappa shape index (κ2) is 11.5. The molecule has 10 heteroatoms. The molecule has 8 nitrogen and oxygen atoms in total. The summed E-state index contributed by atoms with van der Waals surface area (Å²) in [6.45, 7) is 20.5. The number of nitrogens with zero attached hydrogens (tertiary/aromatic N) is 2. The van der Waals surface area contributed by atoms with Gasteiger partial charge in [-0.1, -0.05) is 61.2 Å². The Morgan fingerprint density at radius 1 is 0.947 bits per heavy atom. The number of hydrogen-bond donors (Lipinski definition) is 0. The highest BCUT2D eigenvalue weighted by molar-refractivity contribution is 6.78. The van der Waals surface area contributed by atoms with E-state index in [1.807, 2.05) is 0 Å². The zero-order valence-electron chi connectivity index (χ0n) is 24.8. The summed E-state index contributed by atoms with van der Waals surface area (Å²) in [7, 11) is -2.12. The minimum atomic E-state index is -2.37. The quantitative estimate of drug-likeness (QED) is 0.254. The van der Waals surface area contributed by atoms with Crippen molar-refractivity contribution in [3.05, 3.63) is 17.7 Å². The molecule has 0 radical (unpaired) electrons. The Morgan fingerprint density at radius 3 is 2.08 bits per heavy atom. The van der Waals surface area contributed by atoms with E-state index in [9.17, 15) is 14.4 Å². The van der Waals surface area contributed by atoms with Crippen LogP contribution in [0.15, 0.2) is 12.1 Å². The van der Waals surface area contributed by atoms with Gasteiger partial charge in [-0.25, -0.2) is 0 Å². The van der Waals surface area contributed by atoms with E-state index in [2.05, 4.69) is 61.2 Å². The third-order valence-corrected chi connectivity index (χ3v) is 15.7. The summed E-state index contributed by atoms with van der Waals surface area (Å²) in [5.74, 6) is 0.233. The van der Waals surface area contributed by atoms with Crippen LogP contribution in [0.4, 0.5) is 5.69 Å². The second-order valence-electron chi connectivity index (χ2n) is 12.7. The van der Waals surface area contributed by atoms with Gasteiger partial charge in [0.15, 0.2) is 11.5 Å². The summed E-state index contributed by atoms with van der Waals surface area (Å²) in [6.07, 6.45) is 0.0224. The van der Waals surface area contributed by atoms with Gasteiger partial charge in [-0.15, -0.1) is 0 Å². The standard InChI is InChI=1S/C28H46N2O6Si2/c1-18(2)38(19(3)4,20(5)6)36-26-14-22-23(15-25(26)34-7)30(17-35-11-12-37(8,9)10)28(33)24-13-21(31)16-29(24)27(22)32/h14-15,18-20,24H,11-13,16-17H2,1-10H3/t24-/m0/s1. The van der Waals surface area contributed by atoms with Crippen molar-refractivity contribution in [2.45, 2.75) is 96.3 Å². The van der Waals surface area contributed by atoms with Gasteiger partial charge in [0.1, 0.15) is 18.5 Å². The van der Waals surface area contributed by atoms with E-state index in [1.165, 1.54) is 9.80 Å². The molecule has 1 fully saturated rings. The SMILES string of the molecule is COc1cc2c(cc1O[Si](C(C)C)(C(C)C)C(C)C)C(=O)N1CC(=O)C[C@H]1C(=O)N2COCC[Si](C)(C)C. The van der Waals surface area contributed by atoms with Crippen molar-refractivity contribution >= 4 is 39.7 Å². The topological polar surface area (TPSA) is 85.4 Å². The molecular weight excluding hydrogens is 516 g/mol. The number of ether oxygens (including phenoxy) is 2. The van der Waals surface area contributed by atoms with Crippen LogP contribution in [-0.4, -0.2) is 71.9 Å². The number of carbonyl (C=O) groups excluding carboxylic acids is 3. The summed E-state index contributed by atoms with van der Waals surface area (Å²) in [6, 6.07) is 3.58. The van der Waals surface area contributed by atoms with Crippen LogP contribution in [0.1, 0.15) is 58.3 Å². The first kappa shape index (κ1) is 30.4. The van der Waals surface area contributed by atoms with Crippen LogP contribution in [0.2, 0.25) is 42.3 Å². The van der Waals surface area contributed by atoms with E-state index in [1.54, 1.807) is 19.2 Å². The predicted octanol–water partition coefficient (Wildman–Crippen LogP) is 5.69. The van der Waals surface area contributed by atoms with Crippen LogP contribution < -0.4 is 14.1 Å². The normalized spacial score (nSPS) is 18.4. The lowest BCUT2D eigenvalue weighted by molar-refractivity contribution is -0.124. The molecule has 0 unspecified atom stereocenters. The van der Waals surface area contributed by atoms with Gasteiger partial charge in [-0.3, -0.25) is 19.3 Å². The molecule has 0 aliphatic carbocycles. The lowest BCUT2D eigenvalue weighted by atomic mass is 10.1. The van der Waals surface area contributed by atoms with Crippen molar-refractivity contribution in [1.29, 1.82) is 0 Å². The molecule has 1 saturated heterocycles. The highest BCUT2D eigenvalue weighted by Crippen LogP contribution is 2.47.